The van der Waals surface area contributed by atoms with Crippen LogP contribution in [0.25, 0.3) is 0 Å². The first-order valence-corrected chi connectivity index (χ1v) is 7.17. The van der Waals surface area contributed by atoms with Crippen LogP contribution in [0.3, 0.4) is 0 Å². The molecule has 0 spiro atoms. The van der Waals surface area contributed by atoms with E-state index in [9.17, 15) is 0 Å². The maximum absolute atomic E-state index is 6.52. The van der Waals surface area contributed by atoms with Crippen LogP contribution in [0.4, 0.5) is 0 Å². The minimum Gasteiger partial charge on any atom is -0.361 e. The van der Waals surface area contributed by atoms with Gasteiger partial charge in [-0.15, -0.1) is 0 Å². The van der Waals surface area contributed by atoms with Crippen molar-refractivity contribution in [2.75, 3.05) is 0 Å². The number of hydrogen-bond acceptors (Lipinski definition) is 1. The summed E-state index contributed by atoms with van der Waals surface area (Å²) in [6, 6.07) is 9.17. The monoisotopic (exact) mass is 224 g/mol. The third-order valence-electron chi connectivity index (χ3n) is 6.81. The fourth-order valence-electron chi connectivity index (χ4n) is 6.52. The lowest BCUT2D eigenvalue weighted by molar-refractivity contribution is 0.113. The Bertz CT molecular complexity index is 517. The topological polar surface area (TPSA) is 12.5 Å². The summed E-state index contributed by atoms with van der Waals surface area (Å²) >= 11 is 0. The number of ether oxygens (including phenoxy) is 1. The molecule has 1 aromatic carbocycles. The van der Waals surface area contributed by atoms with Crippen molar-refractivity contribution >= 4 is 0 Å². The van der Waals surface area contributed by atoms with Crippen LogP contribution in [0.15, 0.2) is 24.3 Å². The first kappa shape index (κ1) is 8.31. The second kappa shape index (κ2) is 2.09. The summed E-state index contributed by atoms with van der Waals surface area (Å²) < 4.78 is 6.52. The van der Waals surface area contributed by atoms with Crippen LogP contribution < -0.4 is 0 Å². The fraction of sp³-hybridized carbons (Fsp3) is 0.625. The van der Waals surface area contributed by atoms with E-state index in [1.807, 2.05) is 0 Å². The molecule has 1 nitrogen and oxygen atoms in total. The van der Waals surface area contributed by atoms with Gasteiger partial charge >= 0.3 is 0 Å². The zero-order valence-electron chi connectivity index (χ0n) is 9.86. The average molecular weight is 224 g/mol. The third-order valence-corrected chi connectivity index (χ3v) is 6.81. The van der Waals surface area contributed by atoms with Gasteiger partial charge in [0, 0.05) is 11.8 Å². The van der Waals surface area contributed by atoms with Crippen molar-refractivity contribution in [1.82, 2.24) is 0 Å². The van der Waals surface area contributed by atoms with E-state index in [2.05, 4.69) is 24.3 Å². The highest BCUT2D eigenvalue weighted by Gasteiger charge is 2.91. The normalized spacial score (nSPS) is 59.1. The van der Waals surface area contributed by atoms with Crippen LogP contribution in [0, 0.1) is 11.8 Å². The van der Waals surface area contributed by atoms with Crippen LogP contribution in [-0.4, -0.2) is 11.2 Å². The molecule has 17 heavy (non-hydrogen) atoms. The van der Waals surface area contributed by atoms with Crippen LogP contribution in [0.5, 0.6) is 0 Å². The third kappa shape index (κ3) is 0.567. The fourth-order valence-corrected chi connectivity index (χ4v) is 6.52. The summed E-state index contributed by atoms with van der Waals surface area (Å²) in [4.78, 5) is 0. The van der Waals surface area contributed by atoms with Crippen molar-refractivity contribution in [1.29, 1.82) is 0 Å². The van der Waals surface area contributed by atoms with E-state index in [4.69, 9.17) is 4.74 Å². The lowest BCUT2D eigenvalue weighted by Gasteiger charge is -2.29. The molecule has 1 heterocycles. The van der Waals surface area contributed by atoms with Crippen molar-refractivity contribution in [2.45, 2.75) is 48.7 Å². The van der Waals surface area contributed by atoms with Gasteiger partial charge in [0.25, 0.3) is 0 Å². The van der Waals surface area contributed by atoms with E-state index >= 15 is 0 Å². The number of rotatable bonds is 0. The van der Waals surface area contributed by atoms with E-state index in [-0.39, 0.29) is 0 Å². The van der Waals surface area contributed by atoms with Gasteiger partial charge in [0.1, 0.15) is 11.2 Å². The van der Waals surface area contributed by atoms with Crippen molar-refractivity contribution in [3.05, 3.63) is 35.4 Å². The summed E-state index contributed by atoms with van der Waals surface area (Å²) in [6.45, 7) is 0. The summed E-state index contributed by atoms with van der Waals surface area (Å²) in [6.07, 6.45) is 5.75. The maximum atomic E-state index is 6.52. The molecular formula is C16H16O. The molecule has 1 aliphatic heterocycles. The Morgan fingerprint density at radius 1 is 0.882 bits per heavy atom. The Morgan fingerprint density at radius 3 is 2.06 bits per heavy atom. The maximum Gasteiger partial charge on any atom is 0.109 e. The molecule has 1 heteroatoms. The molecule has 4 fully saturated rings. The van der Waals surface area contributed by atoms with Crippen molar-refractivity contribution in [3.63, 3.8) is 0 Å². The van der Waals surface area contributed by atoms with Gasteiger partial charge in [0.15, 0.2) is 0 Å². The molecule has 4 aliphatic carbocycles. The lowest BCUT2D eigenvalue weighted by Crippen LogP contribution is -2.36. The number of benzene rings is 1. The molecule has 6 rings (SSSR count). The molecule has 5 aliphatic rings. The van der Waals surface area contributed by atoms with Gasteiger partial charge in [-0.05, 0) is 48.6 Å². The predicted octanol–water partition coefficient (Wildman–Crippen LogP) is 3.21. The molecule has 1 aromatic rings. The summed E-state index contributed by atoms with van der Waals surface area (Å²) in [5.41, 5.74) is 3.93. The minimum absolute atomic E-state index is 0.328. The molecule has 0 radical (unpaired) electrons. The molecule has 86 valence electrons. The predicted molar refractivity (Wildman–Crippen MR) is 63.9 cm³/mol. The zero-order valence-corrected chi connectivity index (χ0v) is 9.86. The van der Waals surface area contributed by atoms with Crippen LogP contribution in [-0.2, 0) is 4.74 Å². The molecule has 6 atom stereocenters. The van der Waals surface area contributed by atoms with E-state index in [0.29, 0.717) is 11.2 Å². The minimum atomic E-state index is 0.328. The average Bonchev–Trinajstić information content (AvgIpc) is 2.80. The first-order valence-electron chi connectivity index (χ1n) is 7.17. The Morgan fingerprint density at radius 2 is 1.47 bits per heavy atom. The van der Waals surface area contributed by atoms with Gasteiger partial charge in [0.05, 0.1) is 0 Å². The van der Waals surface area contributed by atoms with E-state index in [1.54, 1.807) is 11.1 Å². The summed E-state index contributed by atoms with van der Waals surface area (Å²) in [5, 5.41) is 0. The number of epoxide rings is 1. The number of hydrogen-bond donors (Lipinski definition) is 0. The van der Waals surface area contributed by atoms with Gasteiger partial charge in [0.2, 0.25) is 0 Å². The highest BCUT2D eigenvalue weighted by Crippen LogP contribution is 2.86. The van der Waals surface area contributed by atoms with Gasteiger partial charge in [-0.2, -0.15) is 0 Å². The Balaban J connectivity index is 1.67. The summed E-state index contributed by atoms with van der Waals surface area (Å²) in [5.74, 6) is 3.30. The second-order valence-electron chi connectivity index (χ2n) is 6.86. The van der Waals surface area contributed by atoms with E-state index in [0.717, 1.165) is 23.7 Å². The highest BCUT2D eigenvalue weighted by atomic mass is 16.6. The smallest absolute Gasteiger partial charge is 0.109 e. The molecule has 3 saturated carbocycles. The van der Waals surface area contributed by atoms with Crippen molar-refractivity contribution < 1.29 is 4.74 Å². The lowest BCUT2D eigenvalue weighted by atomic mass is 9.69. The van der Waals surface area contributed by atoms with E-state index in [1.165, 1.54) is 25.7 Å². The van der Waals surface area contributed by atoms with Crippen LogP contribution in [0.1, 0.15) is 48.6 Å². The van der Waals surface area contributed by atoms with Crippen LogP contribution in [0.2, 0.25) is 0 Å². The summed E-state index contributed by atoms with van der Waals surface area (Å²) in [7, 11) is 0. The molecule has 1 saturated heterocycles. The van der Waals surface area contributed by atoms with Gasteiger partial charge in [-0.3, -0.25) is 0 Å². The quantitative estimate of drug-likeness (QED) is 0.616. The largest absolute Gasteiger partial charge is 0.361 e. The number of fused-ring (bicyclic) bond motifs is 7. The molecule has 0 N–H and O–H groups in total. The molecule has 0 amide bonds. The van der Waals surface area contributed by atoms with Crippen LogP contribution >= 0.6 is 0 Å². The molecule has 4 bridgehead atoms. The SMILES string of the molecule is c1ccc2c(c1)[C@H]1C[C@@H]2[C@]23O[C@]12[C@@H]1CC[C@@H]3C1. The Kier molecular flexibility index (Phi) is 1.02. The molecule has 0 unspecified atom stereocenters. The van der Waals surface area contributed by atoms with Gasteiger partial charge in [-0.1, -0.05) is 24.3 Å². The first-order chi connectivity index (χ1) is 8.38. The standard InChI is InChI=1S/C16H16O/c1-2-4-12-11(3-1)13-8-14(12)16-10-6-5-9(7-10)15(13,16)17-16/h1-4,9-10,13-14H,5-8H2/t9-,10-,13-,14+,15-,16+/m1/s1. The highest BCUT2D eigenvalue weighted by molar-refractivity contribution is 5.57. The second-order valence-corrected chi connectivity index (χ2v) is 6.86. The van der Waals surface area contributed by atoms with Gasteiger partial charge < -0.3 is 4.74 Å². The van der Waals surface area contributed by atoms with Gasteiger partial charge in [-0.25, -0.2) is 0 Å². The van der Waals surface area contributed by atoms with Crippen molar-refractivity contribution in [3.8, 4) is 0 Å². The molecule has 0 aromatic heterocycles. The molecular weight excluding hydrogens is 208 g/mol. The van der Waals surface area contributed by atoms with E-state index < -0.39 is 0 Å². The van der Waals surface area contributed by atoms with Crippen molar-refractivity contribution in [2.24, 2.45) is 11.8 Å². The zero-order chi connectivity index (χ0) is 10.8. The Hall–Kier alpha value is -0.820. The Labute approximate surface area is 101 Å².